The number of hydrogen-bond acceptors (Lipinski definition) is 7. The topological polar surface area (TPSA) is 135 Å². The summed E-state index contributed by atoms with van der Waals surface area (Å²) in [6, 6.07) is 14.8. The van der Waals surface area contributed by atoms with E-state index in [-0.39, 0.29) is 31.4 Å². The van der Waals surface area contributed by atoms with Crippen molar-refractivity contribution in [3.05, 3.63) is 65.2 Å². The second kappa shape index (κ2) is 12.7. The van der Waals surface area contributed by atoms with Crippen molar-refractivity contribution in [2.75, 3.05) is 13.2 Å². The molecule has 3 N–H and O–H groups in total. The van der Waals surface area contributed by atoms with Crippen LogP contribution < -0.4 is 15.8 Å². The van der Waals surface area contributed by atoms with Gasteiger partial charge in [0, 0.05) is 13.1 Å². The van der Waals surface area contributed by atoms with Gasteiger partial charge in [-0.25, -0.2) is 4.79 Å². The van der Waals surface area contributed by atoms with Gasteiger partial charge in [-0.05, 0) is 62.4 Å². The molecule has 2 aromatic rings. The summed E-state index contributed by atoms with van der Waals surface area (Å²) in [6.45, 7) is 4.39. The number of likely N-dealkylation sites (tertiary alicyclic amines) is 1. The van der Waals surface area contributed by atoms with Crippen LogP contribution in [0.25, 0.3) is 0 Å². The average Bonchev–Trinajstić information content (AvgIpc) is 3.38. The number of benzene rings is 2. The van der Waals surface area contributed by atoms with Crippen LogP contribution in [0.15, 0.2) is 48.5 Å². The maximum atomic E-state index is 13.0. The largest absolute Gasteiger partial charge is 0.479 e. The van der Waals surface area contributed by atoms with Gasteiger partial charge >= 0.3 is 5.97 Å². The molecule has 190 valence electrons. The molecule has 3 rings (SSSR count). The third-order valence-corrected chi connectivity index (χ3v) is 6.05. The van der Waals surface area contributed by atoms with Crippen LogP contribution in [0.1, 0.15) is 43.4 Å². The molecule has 9 nitrogen and oxygen atoms in total. The first-order valence-corrected chi connectivity index (χ1v) is 12.1. The van der Waals surface area contributed by atoms with Crippen LogP contribution in [0.4, 0.5) is 0 Å². The third kappa shape index (κ3) is 6.83. The molecule has 0 aromatic heterocycles. The third-order valence-electron chi connectivity index (χ3n) is 6.05. The molecule has 9 heteroatoms. The lowest BCUT2D eigenvalue weighted by molar-refractivity contribution is -0.150. The lowest BCUT2D eigenvalue weighted by Gasteiger charge is -2.27. The van der Waals surface area contributed by atoms with Gasteiger partial charge in [-0.3, -0.25) is 9.59 Å². The Morgan fingerprint density at radius 2 is 1.92 bits per heavy atom. The molecule has 0 saturated carbocycles. The minimum atomic E-state index is -0.836. The molecule has 2 amide bonds. The van der Waals surface area contributed by atoms with Gasteiger partial charge in [0.1, 0.15) is 11.8 Å². The molecule has 0 radical (unpaired) electrons. The van der Waals surface area contributed by atoms with Crippen molar-refractivity contribution in [2.24, 2.45) is 5.73 Å². The van der Waals surface area contributed by atoms with E-state index in [1.165, 1.54) is 0 Å². The molecule has 3 atom stereocenters. The Kier molecular flexibility index (Phi) is 9.42. The summed E-state index contributed by atoms with van der Waals surface area (Å²) in [6.07, 6.45) is 0.797. The van der Waals surface area contributed by atoms with Gasteiger partial charge in [0.2, 0.25) is 11.8 Å². The van der Waals surface area contributed by atoms with Crippen LogP contribution in [0, 0.1) is 11.3 Å². The smallest absolute Gasteiger partial charge is 0.347 e. The number of hydrogen-bond donors (Lipinski definition) is 2. The van der Waals surface area contributed by atoms with E-state index in [1.54, 1.807) is 67.3 Å². The van der Waals surface area contributed by atoms with E-state index in [0.29, 0.717) is 29.8 Å². The Balaban J connectivity index is 1.53. The zero-order valence-electron chi connectivity index (χ0n) is 20.6. The first kappa shape index (κ1) is 26.7. The lowest BCUT2D eigenvalue weighted by atomic mass is 10.0. The van der Waals surface area contributed by atoms with Crippen LogP contribution in [0.2, 0.25) is 0 Å². The Bertz CT molecular complexity index is 1110. The summed E-state index contributed by atoms with van der Waals surface area (Å²) in [4.78, 5) is 39.2. The summed E-state index contributed by atoms with van der Waals surface area (Å²) in [5, 5.41) is 12.2. The number of esters is 1. The Labute approximate surface area is 211 Å². The highest BCUT2D eigenvalue weighted by Crippen LogP contribution is 2.20. The highest BCUT2D eigenvalue weighted by atomic mass is 16.6. The second-order valence-corrected chi connectivity index (χ2v) is 8.64. The van der Waals surface area contributed by atoms with E-state index in [9.17, 15) is 19.6 Å². The normalized spacial score (nSPS) is 16.5. The molecule has 1 aliphatic rings. The summed E-state index contributed by atoms with van der Waals surface area (Å²) in [5.41, 5.74) is 8.24. The van der Waals surface area contributed by atoms with Crippen molar-refractivity contribution >= 4 is 17.8 Å². The van der Waals surface area contributed by atoms with E-state index in [1.807, 2.05) is 0 Å². The summed E-state index contributed by atoms with van der Waals surface area (Å²) in [7, 11) is 0. The molecule has 1 fully saturated rings. The summed E-state index contributed by atoms with van der Waals surface area (Å²) < 4.78 is 10.5. The molecule has 1 heterocycles. The Hall–Kier alpha value is -3.90. The van der Waals surface area contributed by atoms with E-state index in [2.05, 4.69) is 11.4 Å². The Morgan fingerprint density at radius 3 is 2.61 bits per heavy atom. The predicted octanol–water partition coefficient (Wildman–Crippen LogP) is 2.07. The van der Waals surface area contributed by atoms with Crippen LogP contribution in [0.5, 0.6) is 5.75 Å². The highest BCUT2D eigenvalue weighted by Gasteiger charge is 2.36. The van der Waals surface area contributed by atoms with Gasteiger partial charge in [-0.2, -0.15) is 5.26 Å². The van der Waals surface area contributed by atoms with Gasteiger partial charge in [0.15, 0.2) is 6.10 Å². The number of carbonyl (C=O) groups is 3. The molecule has 2 aromatic carbocycles. The monoisotopic (exact) mass is 492 g/mol. The maximum Gasteiger partial charge on any atom is 0.347 e. The average molecular weight is 493 g/mol. The van der Waals surface area contributed by atoms with Crippen molar-refractivity contribution in [2.45, 2.75) is 57.8 Å². The van der Waals surface area contributed by atoms with Gasteiger partial charge in [0.05, 0.1) is 24.3 Å². The number of rotatable bonds is 10. The number of nitriles is 1. The first-order chi connectivity index (χ1) is 17.3. The van der Waals surface area contributed by atoms with E-state index in [0.717, 1.165) is 12.0 Å². The van der Waals surface area contributed by atoms with Crippen molar-refractivity contribution < 1.29 is 23.9 Å². The van der Waals surface area contributed by atoms with E-state index in [4.69, 9.17) is 15.2 Å². The fourth-order valence-corrected chi connectivity index (χ4v) is 4.15. The van der Waals surface area contributed by atoms with Crippen LogP contribution in [-0.4, -0.2) is 54.0 Å². The molecule has 1 saturated heterocycles. The van der Waals surface area contributed by atoms with Gasteiger partial charge < -0.3 is 25.4 Å². The van der Waals surface area contributed by atoms with Gasteiger partial charge in [0.25, 0.3) is 0 Å². The molecule has 0 bridgehead atoms. The molecule has 1 unspecified atom stereocenters. The standard InChI is InChI=1S/C27H32N4O5/c1-3-35-27(34)18(2)36-22-12-10-19(11-13-22)17-30-25(32)24-9-6-14-31(24)26(33)23(29)15-20-7-4-5-8-21(20)16-28/h4-5,7-8,10-13,18,23-24H,3,6,9,14-15,17,29H2,1-2H3,(H,30,32)/t18?,23-,24-/m0/s1. The minimum Gasteiger partial charge on any atom is -0.479 e. The molecule has 0 aliphatic carbocycles. The molecular formula is C27H32N4O5. The number of ether oxygens (including phenoxy) is 2. The van der Waals surface area contributed by atoms with Crippen LogP contribution in [0.3, 0.4) is 0 Å². The van der Waals surface area contributed by atoms with E-state index >= 15 is 0 Å². The molecular weight excluding hydrogens is 460 g/mol. The SMILES string of the molecule is CCOC(=O)C(C)Oc1ccc(CNC(=O)[C@@H]2CCCN2C(=O)[C@@H](N)Cc2ccccc2C#N)cc1. The van der Waals surface area contributed by atoms with Crippen molar-refractivity contribution in [1.29, 1.82) is 5.26 Å². The highest BCUT2D eigenvalue weighted by molar-refractivity contribution is 5.90. The number of nitrogens with one attached hydrogen (secondary N) is 1. The van der Waals surface area contributed by atoms with Crippen molar-refractivity contribution in [1.82, 2.24) is 10.2 Å². The Morgan fingerprint density at radius 1 is 1.19 bits per heavy atom. The zero-order valence-corrected chi connectivity index (χ0v) is 20.6. The van der Waals surface area contributed by atoms with Crippen LogP contribution >= 0.6 is 0 Å². The number of nitrogens with two attached hydrogens (primary N) is 1. The summed E-state index contributed by atoms with van der Waals surface area (Å²) >= 11 is 0. The van der Waals surface area contributed by atoms with Gasteiger partial charge in [-0.15, -0.1) is 0 Å². The number of amides is 2. The maximum absolute atomic E-state index is 13.0. The molecule has 1 aliphatic heterocycles. The number of nitrogens with zero attached hydrogens (tertiary/aromatic N) is 2. The zero-order chi connectivity index (χ0) is 26.1. The fraction of sp³-hybridized carbons (Fsp3) is 0.407. The van der Waals surface area contributed by atoms with Crippen LogP contribution in [-0.2, 0) is 32.1 Å². The second-order valence-electron chi connectivity index (χ2n) is 8.64. The predicted molar refractivity (Wildman–Crippen MR) is 133 cm³/mol. The van der Waals surface area contributed by atoms with Crippen molar-refractivity contribution in [3.8, 4) is 11.8 Å². The minimum absolute atomic E-state index is 0.233. The fourth-order valence-electron chi connectivity index (χ4n) is 4.15. The molecule has 36 heavy (non-hydrogen) atoms. The lowest BCUT2D eigenvalue weighted by Crippen LogP contribution is -2.51. The molecule has 0 spiro atoms. The van der Waals surface area contributed by atoms with Gasteiger partial charge in [-0.1, -0.05) is 30.3 Å². The van der Waals surface area contributed by atoms with Crippen molar-refractivity contribution in [3.63, 3.8) is 0 Å². The quantitative estimate of drug-likeness (QED) is 0.485. The first-order valence-electron chi connectivity index (χ1n) is 12.1. The summed E-state index contributed by atoms with van der Waals surface area (Å²) in [5.74, 6) is -0.442. The number of carbonyl (C=O) groups excluding carboxylic acids is 3. The van der Waals surface area contributed by atoms with E-state index < -0.39 is 24.2 Å².